The van der Waals surface area contributed by atoms with Crippen molar-refractivity contribution in [1.29, 1.82) is 0 Å². The lowest BCUT2D eigenvalue weighted by Gasteiger charge is -2.35. The van der Waals surface area contributed by atoms with Crippen molar-refractivity contribution in [1.82, 2.24) is 4.31 Å². The van der Waals surface area contributed by atoms with Crippen molar-refractivity contribution in [2.75, 3.05) is 38.2 Å². The Morgan fingerprint density at radius 2 is 1.80 bits per heavy atom. The number of piperazine rings is 1. The van der Waals surface area contributed by atoms with E-state index in [1.165, 1.54) is 4.31 Å². The van der Waals surface area contributed by atoms with Gasteiger partial charge < -0.3 is 9.64 Å². The van der Waals surface area contributed by atoms with Gasteiger partial charge in [-0.3, -0.25) is 0 Å². The fourth-order valence-corrected chi connectivity index (χ4v) is 5.40. The van der Waals surface area contributed by atoms with Crippen LogP contribution >= 0.6 is 34.2 Å². The zero-order valence-electron chi connectivity index (χ0n) is 13.7. The number of sulfonamides is 1. The summed E-state index contributed by atoms with van der Waals surface area (Å²) in [7, 11) is -1.93. The Labute approximate surface area is 166 Å². The van der Waals surface area contributed by atoms with Crippen LogP contribution in [0.5, 0.6) is 5.75 Å². The zero-order valence-corrected chi connectivity index (χ0v) is 17.4. The molecule has 2 aromatic rings. The molecule has 134 valence electrons. The Bertz CT molecular complexity index is 868. The molecule has 0 saturated carbocycles. The SMILES string of the molecule is COc1ccc(S(=O)(=O)N2CCN(c3cccc(Cl)c3)CC2)cc1I. The minimum absolute atomic E-state index is 0.300. The summed E-state index contributed by atoms with van der Waals surface area (Å²) >= 11 is 8.12. The van der Waals surface area contributed by atoms with Gasteiger partial charge in [0.05, 0.1) is 15.6 Å². The smallest absolute Gasteiger partial charge is 0.243 e. The van der Waals surface area contributed by atoms with E-state index in [1.54, 1.807) is 25.3 Å². The molecule has 0 spiro atoms. The van der Waals surface area contributed by atoms with E-state index in [0.717, 1.165) is 9.26 Å². The van der Waals surface area contributed by atoms with E-state index in [0.29, 0.717) is 41.8 Å². The van der Waals surface area contributed by atoms with Crippen molar-refractivity contribution < 1.29 is 13.2 Å². The van der Waals surface area contributed by atoms with Crippen molar-refractivity contribution in [3.05, 3.63) is 51.1 Å². The molecule has 3 rings (SSSR count). The average Bonchev–Trinajstić information content (AvgIpc) is 2.61. The van der Waals surface area contributed by atoms with E-state index in [4.69, 9.17) is 16.3 Å². The zero-order chi connectivity index (χ0) is 18.0. The van der Waals surface area contributed by atoms with E-state index in [-0.39, 0.29) is 0 Å². The van der Waals surface area contributed by atoms with Gasteiger partial charge in [-0.05, 0) is 59.0 Å². The lowest BCUT2D eigenvalue weighted by atomic mass is 10.2. The summed E-state index contributed by atoms with van der Waals surface area (Å²) < 4.78 is 33.3. The maximum Gasteiger partial charge on any atom is 0.243 e. The lowest BCUT2D eigenvalue weighted by molar-refractivity contribution is 0.384. The van der Waals surface area contributed by atoms with Crippen LogP contribution in [0.4, 0.5) is 5.69 Å². The van der Waals surface area contributed by atoms with Crippen molar-refractivity contribution in [2.45, 2.75) is 4.90 Å². The number of nitrogens with zero attached hydrogens (tertiary/aromatic N) is 2. The monoisotopic (exact) mass is 492 g/mol. The number of benzene rings is 2. The summed E-state index contributed by atoms with van der Waals surface area (Å²) in [4.78, 5) is 2.45. The van der Waals surface area contributed by atoms with Gasteiger partial charge in [0.25, 0.3) is 0 Å². The predicted molar refractivity (Wildman–Crippen MR) is 108 cm³/mol. The third-order valence-electron chi connectivity index (χ3n) is 4.17. The molecule has 2 aromatic carbocycles. The van der Waals surface area contributed by atoms with Crippen molar-refractivity contribution >= 4 is 49.9 Å². The Kier molecular flexibility index (Phi) is 5.77. The van der Waals surface area contributed by atoms with Gasteiger partial charge >= 0.3 is 0 Å². The third kappa shape index (κ3) is 4.05. The Morgan fingerprint density at radius 3 is 2.40 bits per heavy atom. The standard InChI is InChI=1S/C17H18ClIN2O3S/c1-24-17-6-5-15(12-16(17)19)25(22,23)21-9-7-20(8-10-21)14-4-2-3-13(18)11-14/h2-6,11-12H,7-10H2,1H3. The van der Waals surface area contributed by atoms with Crippen LogP contribution in [0, 0.1) is 3.57 Å². The first-order valence-corrected chi connectivity index (χ1v) is 10.7. The molecule has 0 amide bonds. The number of hydrogen-bond donors (Lipinski definition) is 0. The average molecular weight is 493 g/mol. The molecule has 1 saturated heterocycles. The van der Waals surface area contributed by atoms with Crippen LogP contribution in [0.25, 0.3) is 0 Å². The molecule has 0 radical (unpaired) electrons. The molecule has 5 nitrogen and oxygen atoms in total. The van der Waals surface area contributed by atoms with E-state index in [2.05, 4.69) is 27.5 Å². The quantitative estimate of drug-likeness (QED) is 0.614. The van der Waals surface area contributed by atoms with E-state index in [1.807, 2.05) is 24.3 Å². The van der Waals surface area contributed by atoms with Crippen LogP contribution in [0.1, 0.15) is 0 Å². The van der Waals surface area contributed by atoms with Gasteiger partial charge in [0.15, 0.2) is 0 Å². The summed E-state index contributed by atoms with van der Waals surface area (Å²) in [5, 5.41) is 0.681. The third-order valence-corrected chi connectivity index (χ3v) is 7.15. The van der Waals surface area contributed by atoms with E-state index >= 15 is 0 Å². The Hall–Kier alpha value is -1.03. The normalized spacial score (nSPS) is 16.0. The van der Waals surface area contributed by atoms with Crippen molar-refractivity contribution in [2.24, 2.45) is 0 Å². The van der Waals surface area contributed by atoms with Crippen molar-refractivity contribution in [3.63, 3.8) is 0 Å². The highest BCUT2D eigenvalue weighted by Gasteiger charge is 2.29. The second-order valence-electron chi connectivity index (χ2n) is 5.67. The molecule has 1 aliphatic heterocycles. The first kappa shape index (κ1) is 18.8. The van der Waals surface area contributed by atoms with Crippen LogP contribution in [-0.4, -0.2) is 46.0 Å². The highest BCUT2D eigenvalue weighted by molar-refractivity contribution is 14.1. The minimum Gasteiger partial charge on any atom is -0.496 e. The van der Waals surface area contributed by atoms with Crippen LogP contribution in [0.2, 0.25) is 5.02 Å². The van der Waals surface area contributed by atoms with Crippen LogP contribution in [-0.2, 0) is 10.0 Å². The number of ether oxygens (including phenoxy) is 1. The summed E-state index contributed by atoms with van der Waals surface area (Å²) in [5.41, 5.74) is 1.02. The van der Waals surface area contributed by atoms with E-state index in [9.17, 15) is 8.42 Å². The molecule has 8 heteroatoms. The number of anilines is 1. The predicted octanol–water partition coefficient (Wildman–Crippen LogP) is 3.46. The van der Waals surface area contributed by atoms with Crippen LogP contribution < -0.4 is 9.64 Å². The van der Waals surface area contributed by atoms with Gasteiger partial charge in [0.1, 0.15) is 5.75 Å². The fourth-order valence-electron chi connectivity index (χ4n) is 2.82. The maximum absolute atomic E-state index is 12.9. The Balaban J connectivity index is 1.74. The summed E-state index contributed by atoms with van der Waals surface area (Å²) in [6, 6.07) is 12.6. The maximum atomic E-state index is 12.9. The molecule has 0 bridgehead atoms. The number of methoxy groups -OCH3 is 1. The van der Waals surface area contributed by atoms with Gasteiger partial charge in [0.2, 0.25) is 10.0 Å². The molecule has 0 atom stereocenters. The van der Waals surface area contributed by atoms with Gasteiger partial charge in [-0.25, -0.2) is 8.42 Å². The topological polar surface area (TPSA) is 49.9 Å². The molecule has 0 aliphatic carbocycles. The molecule has 1 fully saturated rings. The largest absolute Gasteiger partial charge is 0.496 e. The van der Waals surface area contributed by atoms with Crippen LogP contribution in [0.15, 0.2) is 47.4 Å². The molecule has 0 aromatic heterocycles. The van der Waals surface area contributed by atoms with Crippen LogP contribution in [0.3, 0.4) is 0 Å². The summed E-state index contributed by atoms with van der Waals surface area (Å²) in [6.07, 6.45) is 0. The van der Waals surface area contributed by atoms with Gasteiger partial charge in [-0.15, -0.1) is 0 Å². The Morgan fingerprint density at radius 1 is 1.08 bits per heavy atom. The van der Waals surface area contributed by atoms with Gasteiger partial charge in [0, 0.05) is 36.9 Å². The first-order valence-electron chi connectivity index (χ1n) is 7.76. The molecular weight excluding hydrogens is 475 g/mol. The molecular formula is C17H18ClIN2O3S. The highest BCUT2D eigenvalue weighted by Crippen LogP contribution is 2.27. The molecule has 1 heterocycles. The summed E-state index contributed by atoms with van der Waals surface area (Å²) in [6.45, 7) is 2.15. The molecule has 1 aliphatic rings. The number of hydrogen-bond acceptors (Lipinski definition) is 4. The molecule has 0 unspecified atom stereocenters. The highest BCUT2D eigenvalue weighted by atomic mass is 127. The van der Waals surface area contributed by atoms with Crippen molar-refractivity contribution in [3.8, 4) is 5.75 Å². The minimum atomic E-state index is -3.50. The number of halogens is 2. The number of rotatable bonds is 4. The second kappa shape index (κ2) is 7.69. The van der Waals surface area contributed by atoms with Gasteiger partial charge in [-0.1, -0.05) is 17.7 Å². The molecule has 25 heavy (non-hydrogen) atoms. The summed E-state index contributed by atoms with van der Waals surface area (Å²) in [5.74, 6) is 0.672. The first-order chi connectivity index (χ1) is 11.9. The molecule has 0 N–H and O–H groups in total. The second-order valence-corrected chi connectivity index (χ2v) is 9.20. The van der Waals surface area contributed by atoms with Gasteiger partial charge in [-0.2, -0.15) is 4.31 Å². The van der Waals surface area contributed by atoms with E-state index < -0.39 is 10.0 Å². The fraction of sp³-hybridized carbons (Fsp3) is 0.294. The lowest BCUT2D eigenvalue weighted by Crippen LogP contribution is -2.48.